The summed E-state index contributed by atoms with van der Waals surface area (Å²) < 4.78 is 0. The van der Waals surface area contributed by atoms with Crippen LogP contribution >= 0.6 is 0 Å². The SMILES string of the molecule is CCCCCC(C(=O)O)=C(CCC)C(=O)O. The minimum atomic E-state index is -1.10. The maximum Gasteiger partial charge on any atom is 0.332 e. The normalized spacial score (nSPS) is 12.1. The van der Waals surface area contributed by atoms with Crippen LogP contribution in [-0.4, -0.2) is 22.2 Å². The van der Waals surface area contributed by atoms with E-state index in [-0.39, 0.29) is 11.1 Å². The first-order valence-corrected chi connectivity index (χ1v) is 5.73. The second-order valence-electron chi connectivity index (χ2n) is 3.77. The predicted molar refractivity (Wildman–Crippen MR) is 61.3 cm³/mol. The predicted octanol–water partition coefficient (Wildman–Crippen LogP) is 2.83. The summed E-state index contributed by atoms with van der Waals surface area (Å²) in [7, 11) is 0. The number of carbonyl (C=O) groups is 2. The minimum absolute atomic E-state index is 0.0612. The van der Waals surface area contributed by atoms with Crippen LogP contribution in [0.4, 0.5) is 0 Å². The molecule has 0 atom stereocenters. The molecule has 0 aliphatic heterocycles. The zero-order valence-electron chi connectivity index (χ0n) is 9.95. The van der Waals surface area contributed by atoms with Crippen molar-refractivity contribution >= 4 is 11.9 Å². The van der Waals surface area contributed by atoms with E-state index in [2.05, 4.69) is 0 Å². The third-order valence-electron chi connectivity index (χ3n) is 2.41. The van der Waals surface area contributed by atoms with Crippen molar-refractivity contribution in [2.45, 2.75) is 52.4 Å². The highest BCUT2D eigenvalue weighted by Crippen LogP contribution is 2.18. The van der Waals surface area contributed by atoms with Crippen LogP contribution in [0.25, 0.3) is 0 Å². The first-order chi connectivity index (χ1) is 7.54. The van der Waals surface area contributed by atoms with Gasteiger partial charge in [0, 0.05) is 11.1 Å². The van der Waals surface area contributed by atoms with Gasteiger partial charge in [0.2, 0.25) is 0 Å². The van der Waals surface area contributed by atoms with Crippen LogP contribution in [0.2, 0.25) is 0 Å². The van der Waals surface area contributed by atoms with E-state index in [1.165, 1.54) is 0 Å². The average molecular weight is 228 g/mol. The van der Waals surface area contributed by atoms with Crippen molar-refractivity contribution in [1.82, 2.24) is 0 Å². The molecule has 4 heteroatoms. The molecule has 0 spiro atoms. The zero-order valence-corrected chi connectivity index (χ0v) is 9.95. The Kier molecular flexibility index (Phi) is 7.25. The summed E-state index contributed by atoms with van der Waals surface area (Å²) in [5, 5.41) is 18.0. The smallest absolute Gasteiger partial charge is 0.332 e. The lowest BCUT2D eigenvalue weighted by atomic mass is 9.98. The Morgan fingerprint density at radius 1 is 0.812 bits per heavy atom. The molecule has 0 rings (SSSR count). The number of aliphatic carboxylic acids is 2. The standard InChI is InChI=1S/C12H20O4/c1-3-5-6-8-10(12(15)16)9(7-4-2)11(13)14/h3-8H2,1-2H3,(H,13,14)(H,15,16). The molecule has 4 nitrogen and oxygen atoms in total. The van der Waals surface area contributed by atoms with Gasteiger partial charge in [0.1, 0.15) is 0 Å². The van der Waals surface area contributed by atoms with Crippen LogP contribution in [0.5, 0.6) is 0 Å². The van der Waals surface area contributed by atoms with Gasteiger partial charge < -0.3 is 10.2 Å². The van der Waals surface area contributed by atoms with Crippen molar-refractivity contribution in [2.24, 2.45) is 0 Å². The highest BCUT2D eigenvalue weighted by Gasteiger charge is 2.18. The molecule has 0 aromatic heterocycles. The largest absolute Gasteiger partial charge is 0.478 e. The van der Waals surface area contributed by atoms with Gasteiger partial charge in [-0.2, -0.15) is 0 Å². The van der Waals surface area contributed by atoms with Crippen molar-refractivity contribution in [3.8, 4) is 0 Å². The van der Waals surface area contributed by atoms with Crippen molar-refractivity contribution in [3.63, 3.8) is 0 Å². The molecule has 0 aliphatic carbocycles. The van der Waals surface area contributed by atoms with E-state index < -0.39 is 11.9 Å². The monoisotopic (exact) mass is 228 g/mol. The second-order valence-corrected chi connectivity index (χ2v) is 3.77. The molecule has 16 heavy (non-hydrogen) atoms. The van der Waals surface area contributed by atoms with Crippen LogP contribution < -0.4 is 0 Å². The summed E-state index contributed by atoms with van der Waals surface area (Å²) in [5.74, 6) is -2.20. The number of hydrogen-bond acceptors (Lipinski definition) is 2. The summed E-state index contributed by atoms with van der Waals surface area (Å²) in [6.45, 7) is 3.86. The van der Waals surface area contributed by atoms with E-state index in [0.717, 1.165) is 19.3 Å². The Morgan fingerprint density at radius 2 is 1.31 bits per heavy atom. The van der Waals surface area contributed by atoms with Crippen LogP contribution in [0.15, 0.2) is 11.1 Å². The average Bonchev–Trinajstić information content (AvgIpc) is 2.21. The first-order valence-electron chi connectivity index (χ1n) is 5.73. The molecule has 92 valence electrons. The molecule has 0 amide bonds. The van der Waals surface area contributed by atoms with Crippen LogP contribution in [-0.2, 0) is 9.59 Å². The van der Waals surface area contributed by atoms with E-state index in [9.17, 15) is 9.59 Å². The van der Waals surface area contributed by atoms with E-state index in [1.807, 2.05) is 13.8 Å². The molecule has 0 bridgehead atoms. The third-order valence-corrected chi connectivity index (χ3v) is 2.41. The Hall–Kier alpha value is -1.32. The molecule has 0 aromatic rings. The fraction of sp³-hybridized carbons (Fsp3) is 0.667. The minimum Gasteiger partial charge on any atom is -0.478 e. The number of rotatable bonds is 8. The summed E-state index contributed by atoms with van der Waals surface area (Å²) in [6.07, 6.45) is 3.97. The van der Waals surface area contributed by atoms with Gasteiger partial charge in [0.15, 0.2) is 0 Å². The summed E-state index contributed by atoms with van der Waals surface area (Å²) >= 11 is 0. The topological polar surface area (TPSA) is 74.6 Å². The van der Waals surface area contributed by atoms with Crippen molar-refractivity contribution in [1.29, 1.82) is 0 Å². The van der Waals surface area contributed by atoms with Gasteiger partial charge in [0.25, 0.3) is 0 Å². The Morgan fingerprint density at radius 3 is 1.69 bits per heavy atom. The van der Waals surface area contributed by atoms with Crippen LogP contribution in [0, 0.1) is 0 Å². The zero-order chi connectivity index (χ0) is 12.6. The van der Waals surface area contributed by atoms with E-state index in [0.29, 0.717) is 19.3 Å². The lowest BCUT2D eigenvalue weighted by molar-refractivity contribution is -0.136. The fourth-order valence-electron chi connectivity index (χ4n) is 1.58. The van der Waals surface area contributed by atoms with Gasteiger partial charge in [-0.15, -0.1) is 0 Å². The van der Waals surface area contributed by atoms with E-state index in [1.54, 1.807) is 0 Å². The lowest BCUT2D eigenvalue weighted by Crippen LogP contribution is -2.11. The number of carboxylic acid groups (broad SMARTS) is 2. The summed E-state index contributed by atoms with van der Waals surface area (Å²) in [4.78, 5) is 21.9. The van der Waals surface area contributed by atoms with Gasteiger partial charge in [-0.1, -0.05) is 33.1 Å². The highest BCUT2D eigenvalue weighted by molar-refractivity contribution is 5.98. The van der Waals surface area contributed by atoms with Crippen LogP contribution in [0.3, 0.4) is 0 Å². The number of carboxylic acids is 2. The van der Waals surface area contributed by atoms with Crippen molar-refractivity contribution < 1.29 is 19.8 Å². The molecule has 0 fully saturated rings. The number of hydrogen-bond donors (Lipinski definition) is 2. The fourth-order valence-corrected chi connectivity index (χ4v) is 1.58. The quantitative estimate of drug-likeness (QED) is 0.495. The van der Waals surface area contributed by atoms with Crippen molar-refractivity contribution in [3.05, 3.63) is 11.1 Å². The van der Waals surface area contributed by atoms with E-state index >= 15 is 0 Å². The molecule has 2 N–H and O–H groups in total. The Balaban J connectivity index is 4.84. The molecular weight excluding hydrogens is 208 g/mol. The molecule has 0 aromatic carbocycles. The highest BCUT2D eigenvalue weighted by atomic mass is 16.4. The maximum atomic E-state index is 11.0. The molecule has 0 unspecified atom stereocenters. The molecule has 0 heterocycles. The number of unbranched alkanes of at least 4 members (excludes halogenated alkanes) is 2. The lowest BCUT2D eigenvalue weighted by Gasteiger charge is -2.07. The summed E-state index contributed by atoms with van der Waals surface area (Å²) in [5.41, 5.74) is 0.133. The van der Waals surface area contributed by atoms with Gasteiger partial charge in [-0.3, -0.25) is 0 Å². The Bertz CT molecular complexity index is 279. The maximum absolute atomic E-state index is 11.0. The molecule has 0 saturated carbocycles. The van der Waals surface area contributed by atoms with Gasteiger partial charge in [0.05, 0.1) is 0 Å². The summed E-state index contributed by atoms with van der Waals surface area (Å²) in [6, 6.07) is 0. The molecular formula is C12H20O4. The van der Waals surface area contributed by atoms with Gasteiger partial charge in [-0.05, 0) is 19.3 Å². The van der Waals surface area contributed by atoms with Crippen molar-refractivity contribution in [2.75, 3.05) is 0 Å². The molecule has 0 aliphatic rings. The van der Waals surface area contributed by atoms with Gasteiger partial charge >= 0.3 is 11.9 Å². The first kappa shape index (κ1) is 14.7. The third kappa shape index (κ3) is 4.96. The molecule has 0 saturated heterocycles. The molecule has 0 radical (unpaired) electrons. The van der Waals surface area contributed by atoms with Gasteiger partial charge in [-0.25, -0.2) is 9.59 Å². The van der Waals surface area contributed by atoms with E-state index in [4.69, 9.17) is 10.2 Å². The Labute approximate surface area is 96.0 Å². The second kappa shape index (κ2) is 7.91. The van der Waals surface area contributed by atoms with Crippen LogP contribution in [0.1, 0.15) is 52.4 Å².